The molecule has 0 spiro atoms. The molecule has 1 N–H and O–H groups in total. The molecular formula is C13H11ClFN5O. The number of aromatic nitrogens is 3. The maximum Gasteiger partial charge on any atom is 0.322 e. The van der Waals surface area contributed by atoms with E-state index in [1.165, 1.54) is 12.1 Å². The van der Waals surface area contributed by atoms with Crippen molar-refractivity contribution in [1.82, 2.24) is 15.0 Å². The van der Waals surface area contributed by atoms with E-state index in [2.05, 4.69) is 20.3 Å². The fourth-order valence-corrected chi connectivity index (χ4v) is 1.64. The molecule has 1 aromatic carbocycles. The molecule has 0 amide bonds. The Bertz CT molecular complexity index is 689. The molecule has 0 aliphatic rings. The molecule has 0 radical (unpaired) electrons. The number of hydrogen-bond donors (Lipinski definition) is 1. The molecule has 21 heavy (non-hydrogen) atoms. The number of nitrogens with zero attached hydrogens (tertiary/aromatic N) is 4. The molecular weight excluding hydrogens is 297 g/mol. The van der Waals surface area contributed by atoms with Crippen LogP contribution in [0.15, 0.2) is 18.2 Å². The molecule has 2 rings (SSSR count). The molecule has 0 saturated heterocycles. The topological polar surface area (TPSA) is 83.7 Å². The molecule has 0 fully saturated rings. The van der Waals surface area contributed by atoms with Gasteiger partial charge in [0.1, 0.15) is 11.9 Å². The first-order valence-corrected chi connectivity index (χ1v) is 6.51. The number of nitrogens with one attached hydrogen (secondary N) is 1. The van der Waals surface area contributed by atoms with Crippen molar-refractivity contribution in [2.24, 2.45) is 0 Å². The molecule has 0 aliphatic carbocycles. The van der Waals surface area contributed by atoms with Gasteiger partial charge in [0, 0.05) is 0 Å². The van der Waals surface area contributed by atoms with Crippen LogP contribution in [0.25, 0.3) is 0 Å². The normalized spacial score (nSPS) is 10.0. The highest BCUT2D eigenvalue weighted by Crippen LogP contribution is 2.21. The summed E-state index contributed by atoms with van der Waals surface area (Å²) >= 11 is 5.79. The van der Waals surface area contributed by atoms with E-state index in [0.29, 0.717) is 12.3 Å². The van der Waals surface area contributed by atoms with Gasteiger partial charge in [0.25, 0.3) is 0 Å². The van der Waals surface area contributed by atoms with Crippen LogP contribution in [0, 0.1) is 17.1 Å². The third kappa shape index (κ3) is 4.00. The minimum absolute atomic E-state index is 0.0424. The Morgan fingerprint density at radius 1 is 1.38 bits per heavy atom. The van der Waals surface area contributed by atoms with Crippen LogP contribution < -0.4 is 10.1 Å². The number of ether oxygens (including phenoxy) is 1. The van der Waals surface area contributed by atoms with Gasteiger partial charge in [0.2, 0.25) is 11.2 Å². The van der Waals surface area contributed by atoms with E-state index in [0.717, 1.165) is 12.5 Å². The first kappa shape index (κ1) is 14.9. The van der Waals surface area contributed by atoms with Gasteiger partial charge in [-0.2, -0.15) is 20.2 Å². The molecule has 108 valence electrons. The van der Waals surface area contributed by atoms with Crippen LogP contribution in [0.3, 0.4) is 0 Å². The number of halogens is 2. The lowest BCUT2D eigenvalue weighted by atomic mass is 10.2. The van der Waals surface area contributed by atoms with Crippen molar-refractivity contribution in [3.8, 4) is 12.1 Å². The quantitative estimate of drug-likeness (QED) is 0.914. The van der Waals surface area contributed by atoms with Gasteiger partial charge in [-0.25, -0.2) is 4.39 Å². The van der Waals surface area contributed by atoms with Gasteiger partial charge >= 0.3 is 6.01 Å². The molecule has 0 saturated carbocycles. The van der Waals surface area contributed by atoms with Crippen molar-refractivity contribution < 1.29 is 9.13 Å². The molecule has 0 unspecified atom stereocenters. The molecule has 0 aliphatic heterocycles. The lowest BCUT2D eigenvalue weighted by molar-refractivity contribution is 0.292. The number of rotatable bonds is 5. The van der Waals surface area contributed by atoms with E-state index in [4.69, 9.17) is 21.6 Å². The average molecular weight is 308 g/mol. The highest BCUT2D eigenvalue weighted by atomic mass is 35.5. The summed E-state index contributed by atoms with van der Waals surface area (Å²) in [6, 6.07) is 5.71. The lowest BCUT2D eigenvalue weighted by Gasteiger charge is -2.08. The Balaban J connectivity index is 2.27. The summed E-state index contributed by atoms with van der Waals surface area (Å²) in [4.78, 5) is 11.7. The zero-order valence-corrected chi connectivity index (χ0v) is 11.9. The van der Waals surface area contributed by atoms with E-state index in [-0.39, 0.29) is 22.8 Å². The second kappa shape index (κ2) is 6.81. The molecule has 1 heterocycles. The molecule has 8 heteroatoms. The van der Waals surface area contributed by atoms with Gasteiger partial charge in [0.05, 0.1) is 17.9 Å². The molecule has 2 aromatic rings. The van der Waals surface area contributed by atoms with Crippen LogP contribution in [0.5, 0.6) is 6.01 Å². The summed E-state index contributed by atoms with van der Waals surface area (Å²) in [6.07, 6.45) is 0.794. The fraction of sp³-hybridized carbons (Fsp3) is 0.231. The van der Waals surface area contributed by atoms with Crippen LogP contribution in [0.4, 0.5) is 16.0 Å². The van der Waals surface area contributed by atoms with Crippen LogP contribution >= 0.6 is 11.6 Å². The average Bonchev–Trinajstić information content (AvgIpc) is 2.46. The standard InChI is InChI=1S/C13H11ClFN5O/c1-2-5-21-13-19-11(14)18-12(20-13)17-10-4-3-9(15)6-8(10)7-16/h3-4,6H,2,5H2,1H3,(H,17,18,19,20). The van der Waals surface area contributed by atoms with Crippen molar-refractivity contribution in [2.75, 3.05) is 11.9 Å². The second-order valence-corrected chi connectivity index (χ2v) is 4.32. The van der Waals surface area contributed by atoms with Crippen LogP contribution in [-0.4, -0.2) is 21.6 Å². The maximum atomic E-state index is 13.1. The van der Waals surface area contributed by atoms with Gasteiger partial charge in [-0.05, 0) is 36.2 Å². The van der Waals surface area contributed by atoms with Crippen molar-refractivity contribution >= 4 is 23.2 Å². The second-order valence-electron chi connectivity index (χ2n) is 3.99. The number of hydrogen-bond acceptors (Lipinski definition) is 6. The van der Waals surface area contributed by atoms with Crippen molar-refractivity contribution in [2.45, 2.75) is 13.3 Å². The largest absolute Gasteiger partial charge is 0.463 e. The van der Waals surface area contributed by atoms with Gasteiger partial charge in [0.15, 0.2) is 0 Å². The zero-order valence-electron chi connectivity index (χ0n) is 11.1. The Kier molecular flexibility index (Phi) is 4.85. The van der Waals surface area contributed by atoms with Gasteiger partial charge in [-0.3, -0.25) is 0 Å². The minimum atomic E-state index is -0.502. The van der Waals surface area contributed by atoms with Gasteiger partial charge in [-0.15, -0.1) is 0 Å². The molecule has 6 nitrogen and oxygen atoms in total. The summed E-state index contributed by atoms with van der Waals surface area (Å²) in [5.41, 5.74) is 0.491. The summed E-state index contributed by atoms with van der Waals surface area (Å²) in [6.45, 7) is 2.39. The number of nitriles is 1. The monoisotopic (exact) mass is 307 g/mol. The summed E-state index contributed by atoms with van der Waals surface area (Å²) < 4.78 is 18.4. The summed E-state index contributed by atoms with van der Waals surface area (Å²) in [5, 5.41) is 11.7. The van der Waals surface area contributed by atoms with E-state index in [1.54, 1.807) is 0 Å². The SMILES string of the molecule is CCCOc1nc(Cl)nc(Nc2ccc(F)cc2C#N)n1. The summed E-state index contributed by atoms with van der Waals surface area (Å²) in [7, 11) is 0. The molecule has 1 aromatic heterocycles. The third-order valence-corrected chi connectivity index (χ3v) is 2.54. The number of anilines is 2. The van der Waals surface area contributed by atoms with Crippen LogP contribution in [0.2, 0.25) is 5.28 Å². The Morgan fingerprint density at radius 2 is 2.19 bits per heavy atom. The number of benzene rings is 1. The van der Waals surface area contributed by atoms with E-state index in [9.17, 15) is 4.39 Å². The van der Waals surface area contributed by atoms with Crippen molar-refractivity contribution in [3.05, 3.63) is 34.9 Å². The van der Waals surface area contributed by atoms with E-state index in [1.807, 2.05) is 13.0 Å². The fourth-order valence-electron chi connectivity index (χ4n) is 1.48. The maximum absolute atomic E-state index is 13.1. The first-order chi connectivity index (χ1) is 10.1. The van der Waals surface area contributed by atoms with Crippen LogP contribution in [0.1, 0.15) is 18.9 Å². The smallest absolute Gasteiger partial charge is 0.322 e. The van der Waals surface area contributed by atoms with Gasteiger partial charge in [-0.1, -0.05) is 6.92 Å². The summed E-state index contributed by atoms with van der Waals surface area (Å²) in [5.74, 6) is -0.387. The first-order valence-electron chi connectivity index (χ1n) is 6.13. The predicted octanol–water partition coefficient (Wildman–Crippen LogP) is 3.07. The lowest BCUT2D eigenvalue weighted by Crippen LogP contribution is -2.05. The highest BCUT2D eigenvalue weighted by Gasteiger charge is 2.09. The minimum Gasteiger partial charge on any atom is -0.463 e. The Morgan fingerprint density at radius 3 is 2.90 bits per heavy atom. The third-order valence-electron chi connectivity index (χ3n) is 2.37. The van der Waals surface area contributed by atoms with Crippen molar-refractivity contribution in [3.63, 3.8) is 0 Å². The van der Waals surface area contributed by atoms with E-state index < -0.39 is 5.82 Å². The highest BCUT2D eigenvalue weighted by molar-refractivity contribution is 6.28. The van der Waals surface area contributed by atoms with Crippen molar-refractivity contribution in [1.29, 1.82) is 5.26 Å². The molecule has 0 bridgehead atoms. The zero-order chi connectivity index (χ0) is 15.2. The Hall–Kier alpha value is -2.46. The predicted molar refractivity (Wildman–Crippen MR) is 75.0 cm³/mol. The Labute approximate surface area is 125 Å². The van der Waals surface area contributed by atoms with Crippen LogP contribution in [-0.2, 0) is 0 Å². The van der Waals surface area contributed by atoms with E-state index >= 15 is 0 Å². The molecule has 0 atom stereocenters. The van der Waals surface area contributed by atoms with Gasteiger partial charge < -0.3 is 10.1 Å².